The van der Waals surface area contributed by atoms with Crippen LogP contribution in [0.25, 0.3) is 0 Å². The van der Waals surface area contributed by atoms with Crippen molar-refractivity contribution in [1.29, 1.82) is 0 Å². The minimum Gasteiger partial charge on any atom is -0.462 e. The van der Waals surface area contributed by atoms with Gasteiger partial charge in [-0.15, -0.1) is 0 Å². The zero-order valence-electron chi connectivity index (χ0n) is 19.6. The molecular formula is C21H27FN3O9P. The number of aromatic nitrogens is 2. The second kappa shape index (κ2) is 11.3. The lowest BCUT2D eigenvalue weighted by molar-refractivity contribution is -0.149. The smallest absolute Gasteiger partial charge is 0.459 e. The van der Waals surface area contributed by atoms with E-state index in [1.54, 1.807) is 13.8 Å². The SMILES string of the molecule is Cc1cn([C@H]2CO[C@@H](COP(=O)(N[C@@H](C)C(=O)OC(C)C)Oc3ccc(F)cc3)O2)c(=O)[nH]c1=O. The van der Waals surface area contributed by atoms with Crippen molar-refractivity contribution >= 4 is 13.7 Å². The molecule has 0 radical (unpaired) electrons. The molecule has 4 atom stereocenters. The Morgan fingerprint density at radius 1 is 1.29 bits per heavy atom. The minimum atomic E-state index is -4.23. The molecular weight excluding hydrogens is 488 g/mol. The normalized spacial score (nSPS) is 20.4. The molecule has 0 bridgehead atoms. The first-order valence-corrected chi connectivity index (χ1v) is 12.3. The molecule has 2 heterocycles. The number of esters is 1. The standard InChI is InChI=1S/C21H27FN3O9P/c1-12(2)32-20(27)14(4)24-35(29,34-16-7-5-15(22)6-8-16)31-11-18-30-10-17(33-18)25-9-13(3)19(26)23-21(25)28/h5-9,12,14,17-18H,10-11H2,1-4H3,(H,24,29)(H,23,26,28)/t14-,17+,18+,35?/m0/s1. The zero-order valence-corrected chi connectivity index (χ0v) is 20.5. The summed E-state index contributed by atoms with van der Waals surface area (Å²) in [6.07, 6.45) is -0.979. The molecule has 1 aromatic carbocycles. The first-order chi connectivity index (χ1) is 16.5. The van der Waals surface area contributed by atoms with Gasteiger partial charge in [0.05, 0.1) is 12.7 Å². The Morgan fingerprint density at radius 2 is 1.97 bits per heavy atom. The van der Waals surface area contributed by atoms with Crippen molar-refractivity contribution in [3.8, 4) is 5.75 Å². The van der Waals surface area contributed by atoms with Gasteiger partial charge in [-0.2, -0.15) is 5.09 Å². The van der Waals surface area contributed by atoms with E-state index >= 15 is 0 Å². The number of aryl methyl sites for hydroxylation is 1. The van der Waals surface area contributed by atoms with Crippen LogP contribution >= 0.6 is 7.75 Å². The van der Waals surface area contributed by atoms with Crippen LogP contribution in [0.4, 0.5) is 4.39 Å². The minimum absolute atomic E-state index is 0.0214. The van der Waals surface area contributed by atoms with Gasteiger partial charge >= 0.3 is 19.4 Å². The lowest BCUT2D eigenvalue weighted by Crippen LogP contribution is -2.37. The molecule has 12 nitrogen and oxygen atoms in total. The van der Waals surface area contributed by atoms with Gasteiger partial charge in [0.15, 0.2) is 12.5 Å². The molecule has 0 saturated carbocycles. The molecule has 2 aromatic rings. The van der Waals surface area contributed by atoms with Crippen LogP contribution in [0.15, 0.2) is 40.1 Å². The fourth-order valence-corrected chi connectivity index (χ4v) is 4.46. The molecule has 1 aliphatic heterocycles. The quantitative estimate of drug-likeness (QED) is 0.356. The maximum atomic E-state index is 13.4. The van der Waals surface area contributed by atoms with E-state index in [0.29, 0.717) is 5.56 Å². The van der Waals surface area contributed by atoms with Gasteiger partial charge in [-0.05, 0) is 52.0 Å². The van der Waals surface area contributed by atoms with Crippen molar-refractivity contribution in [3.05, 3.63) is 62.7 Å². The number of nitrogens with one attached hydrogen (secondary N) is 2. The van der Waals surface area contributed by atoms with Gasteiger partial charge in [-0.1, -0.05) is 0 Å². The largest absolute Gasteiger partial charge is 0.462 e. The van der Waals surface area contributed by atoms with Crippen LogP contribution in [0.3, 0.4) is 0 Å². The van der Waals surface area contributed by atoms with Crippen molar-refractivity contribution < 1.29 is 37.0 Å². The Balaban J connectivity index is 1.70. The number of hydrogen-bond acceptors (Lipinski definition) is 9. The fraction of sp³-hybridized carbons (Fsp3) is 0.476. The third-order valence-electron chi connectivity index (χ3n) is 4.67. The molecule has 14 heteroatoms. The number of nitrogens with zero attached hydrogens (tertiary/aromatic N) is 1. The van der Waals surface area contributed by atoms with Crippen LogP contribution in [-0.4, -0.2) is 47.2 Å². The average Bonchev–Trinajstić information content (AvgIpc) is 3.25. The zero-order chi connectivity index (χ0) is 25.8. The van der Waals surface area contributed by atoms with Gasteiger partial charge in [-0.25, -0.2) is 13.8 Å². The van der Waals surface area contributed by atoms with Crippen LogP contribution in [-0.2, 0) is 28.1 Å². The number of ether oxygens (including phenoxy) is 3. The van der Waals surface area contributed by atoms with E-state index in [-0.39, 0.29) is 12.4 Å². The third kappa shape index (κ3) is 7.33. The summed E-state index contributed by atoms with van der Waals surface area (Å²) >= 11 is 0. The summed E-state index contributed by atoms with van der Waals surface area (Å²) in [7, 11) is -4.23. The number of carbonyl (C=O) groups is 1. The summed E-state index contributed by atoms with van der Waals surface area (Å²) in [6, 6.07) is 3.62. The van der Waals surface area contributed by atoms with Crippen molar-refractivity contribution in [3.63, 3.8) is 0 Å². The van der Waals surface area contributed by atoms with Crippen LogP contribution in [0, 0.1) is 12.7 Å². The molecule has 3 rings (SSSR count). The van der Waals surface area contributed by atoms with Crippen LogP contribution in [0.2, 0.25) is 0 Å². The number of benzene rings is 1. The lowest BCUT2D eigenvalue weighted by atomic mass is 10.3. The van der Waals surface area contributed by atoms with E-state index in [1.165, 1.54) is 32.2 Å². The molecule has 1 unspecified atom stereocenters. The predicted molar refractivity (Wildman–Crippen MR) is 120 cm³/mol. The van der Waals surface area contributed by atoms with Gasteiger partial charge in [0.2, 0.25) is 0 Å². The van der Waals surface area contributed by atoms with E-state index in [2.05, 4.69) is 10.1 Å². The van der Waals surface area contributed by atoms with Crippen LogP contribution in [0.5, 0.6) is 5.75 Å². The molecule has 0 amide bonds. The maximum absolute atomic E-state index is 13.4. The molecule has 0 spiro atoms. The van der Waals surface area contributed by atoms with Crippen molar-refractivity contribution in [1.82, 2.24) is 14.6 Å². The number of H-pyrrole nitrogens is 1. The first-order valence-electron chi connectivity index (χ1n) is 10.7. The Bertz CT molecular complexity index is 1200. The van der Waals surface area contributed by atoms with E-state index in [0.717, 1.165) is 16.7 Å². The summed E-state index contributed by atoms with van der Waals surface area (Å²) in [5.41, 5.74) is -0.892. The highest BCUT2D eigenvalue weighted by molar-refractivity contribution is 7.52. The first kappa shape index (κ1) is 26.8. The number of halogens is 1. The maximum Gasteiger partial charge on any atom is 0.459 e. The number of aromatic amines is 1. The van der Waals surface area contributed by atoms with Crippen LogP contribution in [0.1, 0.15) is 32.6 Å². The molecule has 1 aliphatic rings. The van der Waals surface area contributed by atoms with Crippen molar-refractivity contribution in [2.24, 2.45) is 0 Å². The van der Waals surface area contributed by atoms with Crippen LogP contribution < -0.4 is 20.9 Å². The highest BCUT2D eigenvalue weighted by atomic mass is 31.2. The number of hydrogen-bond donors (Lipinski definition) is 2. The summed E-state index contributed by atoms with van der Waals surface area (Å²) in [4.78, 5) is 38.0. The summed E-state index contributed by atoms with van der Waals surface area (Å²) in [5, 5.41) is 2.49. The molecule has 2 N–H and O–H groups in total. The summed E-state index contributed by atoms with van der Waals surface area (Å²) in [6.45, 7) is 5.81. The monoisotopic (exact) mass is 515 g/mol. The molecule has 0 aliphatic carbocycles. The molecule has 192 valence electrons. The second-order valence-electron chi connectivity index (χ2n) is 8.01. The molecule has 1 fully saturated rings. The Hall–Kier alpha value is -2.83. The van der Waals surface area contributed by atoms with Gasteiger partial charge < -0.3 is 18.7 Å². The average molecular weight is 515 g/mol. The second-order valence-corrected chi connectivity index (χ2v) is 9.70. The van der Waals surface area contributed by atoms with Crippen molar-refractivity contribution in [2.45, 2.75) is 52.4 Å². The number of carbonyl (C=O) groups excluding carboxylic acids is 1. The van der Waals surface area contributed by atoms with E-state index in [1.807, 2.05) is 0 Å². The van der Waals surface area contributed by atoms with E-state index < -0.39 is 62.1 Å². The molecule has 35 heavy (non-hydrogen) atoms. The van der Waals surface area contributed by atoms with Gasteiger partial charge in [0, 0.05) is 11.8 Å². The van der Waals surface area contributed by atoms with E-state index in [9.17, 15) is 23.3 Å². The number of rotatable bonds is 10. The topological polar surface area (TPSA) is 147 Å². The summed E-state index contributed by atoms with van der Waals surface area (Å²) < 4.78 is 55.0. The summed E-state index contributed by atoms with van der Waals surface area (Å²) in [5.74, 6) is -1.19. The highest BCUT2D eigenvalue weighted by Gasteiger charge is 2.36. The third-order valence-corrected chi connectivity index (χ3v) is 6.31. The highest BCUT2D eigenvalue weighted by Crippen LogP contribution is 2.45. The fourth-order valence-electron chi connectivity index (χ4n) is 2.98. The Kier molecular flexibility index (Phi) is 8.62. The van der Waals surface area contributed by atoms with Crippen molar-refractivity contribution in [2.75, 3.05) is 13.2 Å². The lowest BCUT2D eigenvalue weighted by Gasteiger charge is -2.24. The van der Waals surface area contributed by atoms with E-state index in [4.69, 9.17) is 23.3 Å². The van der Waals surface area contributed by atoms with Gasteiger partial charge in [-0.3, -0.25) is 23.7 Å². The van der Waals surface area contributed by atoms with Gasteiger partial charge in [0.1, 0.15) is 24.2 Å². The van der Waals surface area contributed by atoms with Gasteiger partial charge in [0.25, 0.3) is 5.56 Å². The molecule has 1 saturated heterocycles. The Labute approximate surface area is 199 Å². The predicted octanol–water partition coefficient (Wildman–Crippen LogP) is 1.99. The Morgan fingerprint density at radius 3 is 2.63 bits per heavy atom. The molecule has 1 aromatic heterocycles.